The number of nitrogens with zero attached hydrogens (tertiary/aromatic N) is 3. The van der Waals surface area contributed by atoms with Crippen molar-refractivity contribution in [2.45, 2.75) is 6.92 Å². The molecule has 1 heterocycles. The van der Waals surface area contributed by atoms with Crippen LogP contribution >= 0.6 is 11.6 Å². The quantitative estimate of drug-likeness (QED) is 0.506. The Morgan fingerprint density at radius 1 is 1.19 bits per heavy atom. The van der Waals surface area contributed by atoms with E-state index in [0.717, 1.165) is 16.8 Å². The molecule has 0 aliphatic carbocycles. The third kappa shape index (κ3) is 4.06. The Morgan fingerprint density at radius 3 is 2.52 bits per heavy atom. The maximum atomic E-state index is 12.2. The fourth-order valence-corrected chi connectivity index (χ4v) is 2.93. The summed E-state index contributed by atoms with van der Waals surface area (Å²) >= 11 is 6.22. The van der Waals surface area contributed by atoms with Gasteiger partial charge in [-0.3, -0.25) is 14.8 Å². The number of anilines is 2. The molecule has 27 heavy (non-hydrogen) atoms. The van der Waals surface area contributed by atoms with E-state index in [0.29, 0.717) is 16.4 Å². The van der Waals surface area contributed by atoms with Crippen LogP contribution in [-0.2, 0) is 7.05 Å². The first-order chi connectivity index (χ1) is 12.8. The first-order valence-corrected chi connectivity index (χ1v) is 8.34. The van der Waals surface area contributed by atoms with E-state index in [1.165, 1.54) is 18.2 Å². The number of rotatable bonds is 4. The van der Waals surface area contributed by atoms with Crippen molar-refractivity contribution in [1.82, 2.24) is 9.78 Å². The molecule has 0 spiro atoms. The summed E-state index contributed by atoms with van der Waals surface area (Å²) in [5.74, 6) is 0. The Hall–Kier alpha value is -3.39. The number of halogens is 1. The summed E-state index contributed by atoms with van der Waals surface area (Å²) < 4.78 is 1.66. The minimum Gasteiger partial charge on any atom is -0.308 e. The van der Waals surface area contributed by atoms with Crippen molar-refractivity contribution in [2.75, 3.05) is 10.6 Å². The van der Waals surface area contributed by atoms with E-state index in [2.05, 4.69) is 15.7 Å². The number of carbonyl (C=O) groups is 1. The lowest BCUT2D eigenvalue weighted by atomic mass is 10.0. The van der Waals surface area contributed by atoms with Crippen LogP contribution in [0.2, 0.25) is 5.02 Å². The molecule has 0 fully saturated rings. The molecule has 2 aromatic carbocycles. The number of urea groups is 1. The van der Waals surface area contributed by atoms with Gasteiger partial charge >= 0.3 is 6.03 Å². The lowest BCUT2D eigenvalue weighted by Crippen LogP contribution is -2.19. The molecule has 138 valence electrons. The third-order valence-corrected chi connectivity index (χ3v) is 4.24. The molecule has 0 saturated carbocycles. The van der Waals surface area contributed by atoms with E-state index in [-0.39, 0.29) is 5.69 Å². The van der Waals surface area contributed by atoms with Crippen LogP contribution in [0.15, 0.2) is 48.7 Å². The van der Waals surface area contributed by atoms with Gasteiger partial charge in [0.25, 0.3) is 5.69 Å². The molecule has 2 amide bonds. The van der Waals surface area contributed by atoms with Crippen molar-refractivity contribution in [3.63, 3.8) is 0 Å². The zero-order chi connectivity index (χ0) is 19.6. The molecule has 0 aliphatic heterocycles. The summed E-state index contributed by atoms with van der Waals surface area (Å²) in [6.07, 6.45) is 1.56. The van der Waals surface area contributed by atoms with E-state index in [4.69, 9.17) is 11.6 Å². The molecule has 0 unspecified atom stereocenters. The molecule has 1 aromatic heterocycles. The summed E-state index contributed by atoms with van der Waals surface area (Å²) in [5.41, 5.74) is 3.34. The van der Waals surface area contributed by atoms with Gasteiger partial charge < -0.3 is 10.6 Å². The molecule has 0 bridgehead atoms. The molecule has 8 nitrogen and oxygen atoms in total. The highest BCUT2D eigenvalue weighted by Gasteiger charge is 2.14. The van der Waals surface area contributed by atoms with E-state index in [1.54, 1.807) is 36.1 Å². The summed E-state index contributed by atoms with van der Waals surface area (Å²) in [4.78, 5) is 22.5. The Balaban J connectivity index is 1.80. The van der Waals surface area contributed by atoms with Crippen molar-refractivity contribution in [1.29, 1.82) is 0 Å². The van der Waals surface area contributed by atoms with Gasteiger partial charge in [-0.2, -0.15) is 5.10 Å². The van der Waals surface area contributed by atoms with Gasteiger partial charge in [-0.05, 0) is 30.7 Å². The van der Waals surface area contributed by atoms with E-state index < -0.39 is 11.0 Å². The number of nitrogens with one attached hydrogen (secondary N) is 2. The number of non-ortho nitro benzene ring substituents is 1. The highest BCUT2D eigenvalue weighted by molar-refractivity contribution is 6.33. The minimum atomic E-state index is -0.521. The first-order valence-electron chi connectivity index (χ1n) is 7.96. The number of nitro benzene ring substituents is 1. The summed E-state index contributed by atoms with van der Waals surface area (Å²) in [7, 11) is 1.79. The Kier molecular flexibility index (Phi) is 5.09. The molecular formula is C18H16ClN5O3. The monoisotopic (exact) mass is 385 g/mol. The van der Waals surface area contributed by atoms with Gasteiger partial charge in [0.15, 0.2) is 0 Å². The molecule has 0 aliphatic rings. The van der Waals surface area contributed by atoms with Crippen molar-refractivity contribution in [3.8, 4) is 11.3 Å². The lowest BCUT2D eigenvalue weighted by molar-refractivity contribution is -0.384. The standard InChI is InChI=1S/C18H16ClN5O3/c1-11-6-7-13(9-15(11)17-16(19)10-20-23(17)2)22-18(25)21-12-4-3-5-14(8-12)24(26)27/h3-10H,1-2H3,(H2,21,22,25). The highest BCUT2D eigenvalue weighted by atomic mass is 35.5. The van der Waals surface area contributed by atoms with Gasteiger partial charge in [0, 0.05) is 36.1 Å². The van der Waals surface area contributed by atoms with Gasteiger partial charge in [0.05, 0.1) is 21.8 Å². The average molecular weight is 386 g/mol. The molecule has 3 aromatic rings. The first kappa shape index (κ1) is 18.4. The number of aryl methyl sites for hydroxylation is 2. The molecule has 0 atom stereocenters. The molecule has 0 saturated heterocycles. The van der Waals surface area contributed by atoms with Crippen molar-refractivity contribution in [3.05, 3.63) is 69.4 Å². The van der Waals surface area contributed by atoms with E-state index in [9.17, 15) is 14.9 Å². The Labute approximate surface area is 159 Å². The van der Waals surface area contributed by atoms with Crippen LogP contribution in [0.1, 0.15) is 5.56 Å². The predicted octanol–water partition coefficient (Wildman–Crippen LogP) is 4.60. The number of hydrogen-bond donors (Lipinski definition) is 2. The molecule has 3 rings (SSSR count). The van der Waals surface area contributed by atoms with Crippen molar-refractivity contribution < 1.29 is 9.72 Å². The van der Waals surface area contributed by atoms with Gasteiger partial charge in [0.1, 0.15) is 0 Å². The van der Waals surface area contributed by atoms with Crippen LogP contribution in [0.4, 0.5) is 21.9 Å². The summed E-state index contributed by atoms with van der Waals surface area (Å²) in [5, 5.41) is 20.8. The highest BCUT2D eigenvalue weighted by Crippen LogP contribution is 2.31. The second-order valence-corrected chi connectivity index (χ2v) is 6.29. The number of hydrogen-bond acceptors (Lipinski definition) is 4. The zero-order valence-electron chi connectivity index (χ0n) is 14.6. The Bertz CT molecular complexity index is 1010. The molecular weight excluding hydrogens is 370 g/mol. The largest absolute Gasteiger partial charge is 0.323 e. The van der Waals surface area contributed by atoms with Crippen molar-refractivity contribution in [2.24, 2.45) is 7.05 Å². The van der Waals surface area contributed by atoms with Crippen LogP contribution < -0.4 is 10.6 Å². The molecule has 2 N–H and O–H groups in total. The fourth-order valence-electron chi connectivity index (χ4n) is 2.66. The van der Waals surface area contributed by atoms with Crippen LogP contribution in [0.3, 0.4) is 0 Å². The Morgan fingerprint density at radius 2 is 1.89 bits per heavy atom. The second kappa shape index (κ2) is 7.46. The third-order valence-electron chi connectivity index (χ3n) is 3.96. The van der Waals surface area contributed by atoms with Crippen LogP contribution in [0, 0.1) is 17.0 Å². The predicted molar refractivity (Wildman–Crippen MR) is 104 cm³/mol. The maximum Gasteiger partial charge on any atom is 0.323 e. The lowest BCUT2D eigenvalue weighted by Gasteiger charge is -2.12. The SMILES string of the molecule is Cc1ccc(NC(=O)Nc2cccc([N+](=O)[O-])c2)cc1-c1c(Cl)cnn1C. The number of amides is 2. The van der Waals surface area contributed by atoms with Crippen LogP contribution in [-0.4, -0.2) is 20.7 Å². The zero-order valence-corrected chi connectivity index (χ0v) is 15.3. The average Bonchev–Trinajstić information content (AvgIpc) is 2.95. The van der Waals surface area contributed by atoms with Crippen molar-refractivity contribution >= 4 is 34.7 Å². The minimum absolute atomic E-state index is 0.101. The number of carbonyl (C=O) groups excluding carboxylic acids is 1. The molecule has 9 heteroatoms. The number of nitro groups is 1. The topological polar surface area (TPSA) is 102 Å². The van der Waals surface area contributed by atoms with Crippen LogP contribution in [0.5, 0.6) is 0 Å². The van der Waals surface area contributed by atoms with Gasteiger partial charge in [-0.25, -0.2) is 4.79 Å². The van der Waals surface area contributed by atoms with E-state index >= 15 is 0 Å². The normalized spacial score (nSPS) is 10.5. The van der Waals surface area contributed by atoms with Gasteiger partial charge in [-0.1, -0.05) is 23.7 Å². The summed E-state index contributed by atoms with van der Waals surface area (Å²) in [6, 6.07) is 10.6. The van der Waals surface area contributed by atoms with Gasteiger partial charge in [0.2, 0.25) is 0 Å². The maximum absolute atomic E-state index is 12.2. The fraction of sp³-hybridized carbons (Fsp3) is 0.111. The smallest absolute Gasteiger partial charge is 0.308 e. The number of aromatic nitrogens is 2. The summed E-state index contributed by atoms with van der Waals surface area (Å²) in [6.45, 7) is 1.94. The molecule has 0 radical (unpaired) electrons. The van der Waals surface area contributed by atoms with Gasteiger partial charge in [-0.15, -0.1) is 0 Å². The second-order valence-electron chi connectivity index (χ2n) is 5.88. The van der Waals surface area contributed by atoms with E-state index in [1.807, 2.05) is 13.0 Å². The van der Waals surface area contributed by atoms with Crippen LogP contribution in [0.25, 0.3) is 11.3 Å². The number of benzene rings is 2.